The number of carbonyl (C=O) groups is 2. The molecule has 2 rings (SSSR count). The SMILES string of the molecule is Cc1nocc1C(=O)N1CCOCC1C(=O)O. The Morgan fingerprint density at radius 2 is 2.35 bits per heavy atom. The van der Waals surface area contributed by atoms with Gasteiger partial charge in [-0.1, -0.05) is 5.16 Å². The van der Waals surface area contributed by atoms with Gasteiger partial charge in [-0.2, -0.15) is 0 Å². The Balaban J connectivity index is 2.23. The average molecular weight is 240 g/mol. The van der Waals surface area contributed by atoms with Gasteiger partial charge in [-0.3, -0.25) is 4.79 Å². The van der Waals surface area contributed by atoms with E-state index in [9.17, 15) is 9.59 Å². The van der Waals surface area contributed by atoms with E-state index >= 15 is 0 Å². The van der Waals surface area contributed by atoms with Crippen molar-refractivity contribution in [1.29, 1.82) is 0 Å². The molecule has 7 nitrogen and oxygen atoms in total. The fraction of sp³-hybridized carbons (Fsp3) is 0.500. The molecule has 92 valence electrons. The van der Waals surface area contributed by atoms with E-state index in [1.165, 1.54) is 11.2 Å². The largest absolute Gasteiger partial charge is 0.480 e. The number of ether oxygens (including phenoxy) is 1. The van der Waals surface area contributed by atoms with Crippen molar-refractivity contribution in [2.75, 3.05) is 19.8 Å². The van der Waals surface area contributed by atoms with Crippen LogP contribution in [0.1, 0.15) is 16.1 Å². The predicted molar refractivity (Wildman–Crippen MR) is 54.5 cm³/mol. The number of morpholine rings is 1. The second kappa shape index (κ2) is 4.54. The second-order valence-corrected chi connectivity index (χ2v) is 3.74. The molecule has 0 bridgehead atoms. The number of nitrogens with zero attached hydrogens (tertiary/aromatic N) is 2. The van der Waals surface area contributed by atoms with E-state index in [-0.39, 0.29) is 24.6 Å². The summed E-state index contributed by atoms with van der Waals surface area (Å²) in [5.41, 5.74) is 0.740. The van der Waals surface area contributed by atoms with Gasteiger partial charge in [0.2, 0.25) is 0 Å². The van der Waals surface area contributed by atoms with Crippen LogP contribution in [0.25, 0.3) is 0 Å². The van der Waals surface area contributed by atoms with Crippen molar-refractivity contribution in [3.8, 4) is 0 Å². The normalized spacial score (nSPS) is 20.3. The Bertz CT molecular complexity index is 442. The number of carbonyl (C=O) groups excluding carboxylic acids is 1. The first-order valence-corrected chi connectivity index (χ1v) is 5.13. The topological polar surface area (TPSA) is 92.9 Å². The van der Waals surface area contributed by atoms with Crippen molar-refractivity contribution in [2.45, 2.75) is 13.0 Å². The zero-order chi connectivity index (χ0) is 12.4. The fourth-order valence-corrected chi connectivity index (χ4v) is 1.70. The van der Waals surface area contributed by atoms with Gasteiger partial charge in [0.25, 0.3) is 5.91 Å². The number of carboxylic acid groups (broad SMARTS) is 1. The van der Waals surface area contributed by atoms with E-state index in [1.54, 1.807) is 6.92 Å². The first kappa shape index (κ1) is 11.6. The molecule has 0 saturated carbocycles. The van der Waals surface area contributed by atoms with Gasteiger partial charge in [-0.25, -0.2) is 4.79 Å². The van der Waals surface area contributed by atoms with Gasteiger partial charge in [-0.05, 0) is 6.92 Å². The molecular weight excluding hydrogens is 228 g/mol. The van der Waals surface area contributed by atoms with E-state index in [0.29, 0.717) is 12.3 Å². The van der Waals surface area contributed by atoms with Crippen molar-refractivity contribution in [3.05, 3.63) is 17.5 Å². The third-order valence-electron chi connectivity index (χ3n) is 2.65. The first-order chi connectivity index (χ1) is 8.11. The van der Waals surface area contributed by atoms with Crippen LogP contribution in [0.2, 0.25) is 0 Å². The Labute approximate surface area is 96.9 Å². The van der Waals surface area contributed by atoms with Gasteiger partial charge < -0.3 is 19.3 Å². The highest BCUT2D eigenvalue weighted by Crippen LogP contribution is 2.15. The van der Waals surface area contributed by atoms with Gasteiger partial charge in [0.05, 0.1) is 18.9 Å². The molecule has 0 radical (unpaired) electrons. The summed E-state index contributed by atoms with van der Waals surface area (Å²) in [4.78, 5) is 24.4. The quantitative estimate of drug-likeness (QED) is 0.776. The van der Waals surface area contributed by atoms with E-state index in [4.69, 9.17) is 9.84 Å². The molecule has 1 aliphatic rings. The minimum atomic E-state index is -1.08. The number of aliphatic carboxylic acids is 1. The monoisotopic (exact) mass is 240 g/mol. The molecule has 1 N–H and O–H groups in total. The lowest BCUT2D eigenvalue weighted by Crippen LogP contribution is -2.52. The second-order valence-electron chi connectivity index (χ2n) is 3.74. The minimum Gasteiger partial charge on any atom is -0.480 e. The summed E-state index contributed by atoms with van der Waals surface area (Å²) in [5, 5.41) is 12.6. The maximum atomic E-state index is 12.1. The standard InChI is InChI=1S/C10H12N2O5/c1-6-7(4-17-11-6)9(13)12-2-3-16-5-8(12)10(14)15/h4,8H,2-3,5H2,1H3,(H,14,15). The van der Waals surface area contributed by atoms with E-state index in [0.717, 1.165) is 0 Å². The summed E-state index contributed by atoms with van der Waals surface area (Å²) < 4.78 is 9.73. The predicted octanol–water partition coefficient (Wildman–Crippen LogP) is -0.0914. The molecule has 0 aromatic carbocycles. The van der Waals surface area contributed by atoms with Crippen LogP contribution in [0, 0.1) is 6.92 Å². The molecule has 1 saturated heterocycles. The maximum Gasteiger partial charge on any atom is 0.328 e. The molecular formula is C10H12N2O5. The summed E-state index contributed by atoms with van der Waals surface area (Å²) >= 11 is 0. The summed E-state index contributed by atoms with van der Waals surface area (Å²) in [6.07, 6.45) is 1.23. The number of rotatable bonds is 2. The van der Waals surface area contributed by atoms with Crippen LogP contribution >= 0.6 is 0 Å². The van der Waals surface area contributed by atoms with Crippen LogP contribution in [0.3, 0.4) is 0 Å². The lowest BCUT2D eigenvalue weighted by Gasteiger charge is -2.32. The third-order valence-corrected chi connectivity index (χ3v) is 2.65. The minimum absolute atomic E-state index is 0.00536. The van der Waals surface area contributed by atoms with Crippen LogP contribution in [-0.4, -0.2) is 52.8 Å². The number of aromatic nitrogens is 1. The zero-order valence-corrected chi connectivity index (χ0v) is 9.25. The van der Waals surface area contributed by atoms with Gasteiger partial charge in [0.1, 0.15) is 11.8 Å². The molecule has 1 fully saturated rings. The Morgan fingerprint density at radius 3 is 2.94 bits per heavy atom. The van der Waals surface area contributed by atoms with Crippen molar-refractivity contribution >= 4 is 11.9 Å². The molecule has 1 amide bonds. The Morgan fingerprint density at radius 1 is 1.59 bits per heavy atom. The molecule has 17 heavy (non-hydrogen) atoms. The van der Waals surface area contributed by atoms with Gasteiger partial charge in [0.15, 0.2) is 6.04 Å². The number of carboxylic acids is 1. The molecule has 1 atom stereocenters. The smallest absolute Gasteiger partial charge is 0.328 e. The van der Waals surface area contributed by atoms with Gasteiger partial charge in [0, 0.05) is 6.54 Å². The molecule has 1 aromatic heterocycles. The van der Waals surface area contributed by atoms with Crippen LogP contribution < -0.4 is 0 Å². The van der Waals surface area contributed by atoms with Crippen molar-refractivity contribution in [3.63, 3.8) is 0 Å². The first-order valence-electron chi connectivity index (χ1n) is 5.13. The summed E-state index contributed by atoms with van der Waals surface area (Å²) in [7, 11) is 0. The Kier molecular flexibility index (Phi) is 3.10. The van der Waals surface area contributed by atoms with Crippen molar-refractivity contribution in [2.24, 2.45) is 0 Å². The number of hydrogen-bond acceptors (Lipinski definition) is 5. The molecule has 7 heteroatoms. The molecule has 1 aromatic rings. The van der Waals surface area contributed by atoms with Crippen LogP contribution in [-0.2, 0) is 9.53 Å². The van der Waals surface area contributed by atoms with Crippen molar-refractivity contribution < 1.29 is 24.0 Å². The molecule has 2 heterocycles. The van der Waals surface area contributed by atoms with E-state index in [1.807, 2.05) is 0 Å². The fourth-order valence-electron chi connectivity index (χ4n) is 1.70. The van der Waals surface area contributed by atoms with Gasteiger partial charge >= 0.3 is 5.97 Å². The third kappa shape index (κ3) is 2.14. The lowest BCUT2D eigenvalue weighted by molar-refractivity contribution is -0.147. The molecule has 0 aliphatic carbocycles. The van der Waals surface area contributed by atoms with Crippen LogP contribution in [0.4, 0.5) is 0 Å². The highest BCUT2D eigenvalue weighted by Gasteiger charge is 2.34. The highest BCUT2D eigenvalue weighted by atomic mass is 16.5. The zero-order valence-electron chi connectivity index (χ0n) is 9.25. The summed E-state index contributed by atoms with van der Waals surface area (Å²) in [5.74, 6) is -1.47. The average Bonchev–Trinajstić information content (AvgIpc) is 2.74. The molecule has 0 spiro atoms. The number of aryl methyl sites for hydroxylation is 1. The summed E-state index contributed by atoms with van der Waals surface area (Å²) in [6.45, 7) is 2.22. The maximum absolute atomic E-state index is 12.1. The lowest BCUT2D eigenvalue weighted by atomic mass is 10.1. The Hall–Kier alpha value is -1.89. The van der Waals surface area contributed by atoms with Gasteiger partial charge in [-0.15, -0.1) is 0 Å². The van der Waals surface area contributed by atoms with E-state index in [2.05, 4.69) is 9.68 Å². The number of amides is 1. The highest BCUT2D eigenvalue weighted by molar-refractivity contribution is 5.97. The van der Waals surface area contributed by atoms with E-state index < -0.39 is 12.0 Å². The summed E-state index contributed by atoms with van der Waals surface area (Å²) in [6, 6.07) is -0.953. The van der Waals surface area contributed by atoms with Crippen molar-refractivity contribution in [1.82, 2.24) is 10.1 Å². The van der Waals surface area contributed by atoms with Crippen LogP contribution in [0.15, 0.2) is 10.8 Å². The number of hydrogen-bond donors (Lipinski definition) is 1. The molecule has 1 unspecified atom stereocenters. The van der Waals surface area contributed by atoms with Crippen LogP contribution in [0.5, 0.6) is 0 Å². The molecule has 1 aliphatic heterocycles.